The molecule has 0 bridgehead atoms. The molecule has 0 aromatic carbocycles. The Morgan fingerprint density at radius 1 is 1.35 bits per heavy atom. The van der Waals surface area contributed by atoms with Crippen molar-refractivity contribution in [2.24, 2.45) is 0 Å². The van der Waals surface area contributed by atoms with Crippen LogP contribution in [-0.2, 0) is 9.31 Å². The van der Waals surface area contributed by atoms with Crippen LogP contribution in [0.3, 0.4) is 0 Å². The summed E-state index contributed by atoms with van der Waals surface area (Å²) in [6.07, 6.45) is -4.18. The molecule has 1 heterocycles. The maximum Gasteiger partial charge on any atom is 0.498 e. The largest absolute Gasteiger partial charge is 0.498 e. The van der Waals surface area contributed by atoms with Gasteiger partial charge in [0.1, 0.15) is 0 Å². The minimum Gasteiger partial charge on any atom is -0.405 e. The van der Waals surface area contributed by atoms with Gasteiger partial charge < -0.3 is 9.31 Å². The van der Waals surface area contributed by atoms with Crippen molar-refractivity contribution in [2.45, 2.75) is 58.9 Å². The summed E-state index contributed by atoms with van der Waals surface area (Å²) in [4.78, 5) is 0. The second-order valence-electron chi connectivity index (χ2n) is 4.38. The van der Waals surface area contributed by atoms with Crippen LogP contribution in [0.4, 0.5) is 13.2 Å². The normalized spacial score (nSPS) is 23.8. The van der Waals surface area contributed by atoms with Gasteiger partial charge >= 0.3 is 13.3 Å². The molecule has 100 valence electrons. The van der Waals surface area contributed by atoms with Crippen molar-refractivity contribution < 1.29 is 22.5 Å². The van der Waals surface area contributed by atoms with E-state index in [1.54, 1.807) is 20.8 Å². The van der Waals surface area contributed by atoms with Crippen LogP contribution >= 0.6 is 0 Å². The van der Waals surface area contributed by atoms with Crippen molar-refractivity contribution in [1.29, 1.82) is 0 Å². The number of allylic oxidation sites excluding steroid dienone is 1. The van der Waals surface area contributed by atoms with E-state index in [2.05, 4.69) is 6.58 Å². The van der Waals surface area contributed by atoms with E-state index in [4.69, 9.17) is 9.31 Å². The molecule has 1 aliphatic heterocycles. The van der Waals surface area contributed by atoms with E-state index >= 15 is 0 Å². The van der Waals surface area contributed by atoms with Gasteiger partial charge in [-0.2, -0.15) is 13.2 Å². The summed E-state index contributed by atoms with van der Waals surface area (Å²) in [5.41, 5.74) is -1.60. The topological polar surface area (TPSA) is 18.5 Å². The lowest BCUT2D eigenvalue weighted by atomic mass is 9.74. The third kappa shape index (κ3) is 5.12. The summed E-state index contributed by atoms with van der Waals surface area (Å²) >= 11 is 0. The van der Waals surface area contributed by atoms with Crippen molar-refractivity contribution in [2.75, 3.05) is 0 Å². The van der Waals surface area contributed by atoms with Crippen LogP contribution in [0.5, 0.6) is 0 Å². The molecule has 17 heavy (non-hydrogen) atoms. The molecule has 0 spiro atoms. The first kappa shape index (κ1) is 16.5. The first-order valence-corrected chi connectivity index (χ1v) is 5.71. The van der Waals surface area contributed by atoms with Crippen LogP contribution in [0.2, 0.25) is 0 Å². The highest BCUT2D eigenvalue weighted by Gasteiger charge is 2.48. The van der Waals surface area contributed by atoms with E-state index in [0.29, 0.717) is 6.42 Å². The molecule has 1 saturated heterocycles. The molecule has 1 aliphatic rings. The van der Waals surface area contributed by atoms with Gasteiger partial charge in [0.25, 0.3) is 0 Å². The second kappa shape index (κ2) is 5.91. The zero-order chi connectivity index (χ0) is 13.9. The van der Waals surface area contributed by atoms with Gasteiger partial charge in [0.05, 0.1) is 11.1 Å². The van der Waals surface area contributed by atoms with Gasteiger partial charge in [-0.25, -0.2) is 0 Å². The highest BCUT2D eigenvalue weighted by atomic mass is 19.4. The number of halogens is 3. The lowest BCUT2D eigenvalue weighted by molar-refractivity contribution is -0.0958. The maximum absolute atomic E-state index is 12.4. The molecule has 0 amide bonds. The Kier molecular flexibility index (Phi) is 5.74. The van der Waals surface area contributed by atoms with Gasteiger partial charge in [-0.3, -0.25) is 0 Å². The molecule has 2 nitrogen and oxygen atoms in total. The Morgan fingerprint density at radius 2 is 1.82 bits per heavy atom. The van der Waals surface area contributed by atoms with Crippen molar-refractivity contribution in [3.63, 3.8) is 0 Å². The van der Waals surface area contributed by atoms with Gasteiger partial charge in [-0.05, 0) is 27.2 Å². The van der Waals surface area contributed by atoms with Crippen LogP contribution < -0.4 is 0 Å². The average molecular weight is 252 g/mol. The van der Waals surface area contributed by atoms with E-state index < -0.39 is 24.4 Å². The predicted octanol–water partition coefficient (Wildman–Crippen LogP) is 3.76. The number of hydrogen-bond acceptors (Lipinski definition) is 2. The predicted molar refractivity (Wildman–Crippen MR) is 62.6 cm³/mol. The smallest absolute Gasteiger partial charge is 0.405 e. The van der Waals surface area contributed by atoms with E-state index in [1.165, 1.54) is 0 Å². The standard InChI is InChI=1S/C9H14BF3O2.C2H6/c1-6-5-8(3,4)15-10(14-6)7(2)9(11,12)13;1-2/h6H,2,5H2,1,3-4H3;1-2H3. The van der Waals surface area contributed by atoms with Gasteiger partial charge in [-0.15, -0.1) is 0 Å². The molecule has 0 aromatic heterocycles. The van der Waals surface area contributed by atoms with Crippen LogP contribution in [0, 0.1) is 0 Å². The Morgan fingerprint density at radius 3 is 2.18 bits per heavy atom. The van der Waals surface area contributed by atoms with Gasteiger partial charge in [0, 0.05) is 6.10 Å². The Bertz CT molecular complexity index is 264. The van der Waals surface area contributed by atoms with Gasteiger partial charge in [0.15, 0.2) is 0 Å². The molecular formula is C11H20BF3O2. The minimum atomic E-state index is -4.47. The summed E-state index contributed by atoms with van der Waals surface area (Å²) in [5, 5.41) is 0. The first-order chi connectivity index (χ1) is 7.62. The van der Waals surface area contributed by atoms with E-state index in [0.717, 1.165) is 0 Å². The third-order valence-corrected chi connectivity index (χ3v) is 2.21. The fourth-order valence-electron chi connectivity index (χ4n) is 1.60. The molecule has 6 heteroatoms. The van der Waals surface area contributed by atoms with Crippen LogP contribution in [0.15, 0.2) is 12.1 Å². The molecule has 0 aliphatic carbocycles. The Labute approximate surface area is 101 Å². The first-order valence-electron chi connectivity index (χ1n) is 5.71. The Hall–Kier alpha value is -0.485. The molecular weight excluding hydrogens is 232 g/mol. The number of hydrogen-bond donors (Lipinski definition) is 0. The lowest BCUT2D eigenvalue weighted by Crippen LogP contribution is -2.48. The summed E-state index contributed by atoms with van der Waals surface area (Å²) < 4.78 is 47.3. The van der Waals surface area contributed by atoms with Crippen molar-refractivity contribution in [3.05, 3.63) is 12.1 Å². The molecule has 1 unspecified atom stereocenters. The van der Waals surface area contributed by atoms with Crippen molar-refractivity contribution >= 4 is 7.12 Å². The highest BCUT2D eigenvalue weighted by molar-refractivity contribution is 6.54. The highest BCUT2D eigenvalue weighted by Crippen LogP contribution is 2.33. The van der Waals surface area contributed by atoms with Gasteiger partial charge in [0.2, 0.25) is 0 Å². The maximum atomic E-state index is 12.4. The molecule has 0 radical (unpaired) electrons. The number of alkyl halides is 3. The third-order valence-electron chi connectivity index (χ3n) is 2.21. The molecule has 1 atom stereocenters. The van der Waals surface area contributed by atoms with Gasteiger partial charge in [-0.1, -0.05) is 20.4 Å². The lowest BCUT2D eigenvalue weighted by Gasteiger charge is -2.38. The van der Waals surface area contributed by atoms with E-state index in [1.807, 2.05) is 13.8 Å². The average Bonchev–Trinajstić information content (AvgIpc) is 2.15. The second-order valence-corrected chi connectivity index (χ2v) is 4.38. The molecule has 0 N–H and O–H groups in total. The molecule has 0 saturated carbocycles. The van der Waals surface area contributed by atoms with E-state index in [-0.39, 0.29) is 6.10 Å². The zero-order valence-electron chi connectivity index (χ0n) is 11.0. The monoisotopic (exact) mass is 252 g/mol. The number of rotatable bonds is 1. The summed E-state index contributed by atoms with van der Waals surface area (Å²) in [6, 6.07) is 0. The zero-order valence-corrected chi connectivity index (χ0v) is 11.0. The summed E-state index contributed by atoms with van der Waals surface area (Å²) in [5.74, 6) is 0. The molecule has 0 aromatic rings. The van der Waals surface area contributed by atoms with Crippen LogP contribution in [-0.4, -0.2) is 25.0 Å². The molecule has 1 rings (SSSR count). The quantitative estimate of drug-likeness (QED) is 0.661. The fourth-order valence-corrected chi connectivity index (χ4v) is 1.60. The summed E-state index contributed by atoms with van der Waals surface area (Å²) in [6.45, 7) is 12.2. The fraction of sp³-hybridized carbons (Fsp3) is 0.818. The van der Waals surface area contributed by atoms with Crippen LogP contribution in [0.1, 0.15) is 41.0 Å². The SMILES string of the molecule is C=C(B1OC(C)CC(C)(C)O1)C(F)(F)F.CC. The van der Waals surface area contributed by atoms with Crippen LogP contribution in [0.25, 0.3) is 0 Å². The summed E-state index contributed by atoms with van der Waals surface area (Å²) in [7, 11) is -1.39. The molecule has 1 fully saturated rings. The van der Waals surface area contributed by atoms with Crippen molar-refractivity contribution in [3.8, 4) is 0 Å². The Balaban J connectivity index is 0.00000121. The van der Waals surface area contributed by atoms with E-state index in [9.17, 15) is 13.2 Å². The minimum absolute atomic E-state index is 0.266. The van der Waals surface area contributed by atoms with Crippen molar-refractivity contribution in [1.82, 2.24) is 0 Å².